The topological polar surface area (TPSA) is 66.5 Å². The number of hydrogen-bond donors (Lipinski definition) is 1. The van der Waals surface area contributed by atoms with Crippen LogP contribution in [-0.4, -0.2) is 17.8 Å². The second kappa shape index (κ2) is 17.8. The fraction of sp³-hybridized carbons (Fsp3) is 0.606. The van der Waals surface area contributed by atoms with E-state index in [2.05, 4.69) is 46.8 Å². The van der Waals surface area contributed by atoms with Gasteiger partial charge in [0.25, 0.3) is 5.56 Å². The monoisotopic (exact) mass is 524 g/mol. The van der Waals surface area contributed by atoms with Gasteiger partial charge in [0.2, 0.25) is 5.75 Å². The predicted octanol–water partition coefficient (Wildman–Crippen LogP) is 8.97. The Kier molecular flexibility index (Phi) is 14.7. The highest BCUT2D eigenvalue weighted by Gasteiger charge is 2.20. The number of allylic oxidation sites excluding steroid dienone is 3. The van der Waals surface area contributed by atoms with Crippen molar-refractivity contribution >= 4 is 16.6 Å². The summed E-state index contributed by atoms with van der Waals surface area (Å²) < 4.78 is 14.4. The maximum absolute atomic E-state index is 13.8. The molecule has 1 heterocycles. The quantitative estimate of drug-likeness (QED) is 0.113. The number of nitrogens with zero attached hydrogens (tertiary/aromatic N) is 1. The van der Waals surface area contributed by atoms with Crippen LogP contribution in [0.5, 0.6) is 11.5 Å². The lowest BCUT2D eigenvalue weighted by molar-refractivity contribution is 0.271. The molecule has 0 saturated heterocycles. The van der Waals surface area contributed by atoms with E-state index in [0.717, 1.165) is 62.3 Å². The molecule has 5 heteroatoms. The van der Waals surface area contributed by atoms with Gasteiger partial charge in [-0.3, -0.25) is 4.79 Å². The van der Waals surface area contributed by atoms with E-state index >= 15 is 0 Å². The minimum absolute atomic E-state index is 0.121. The van der Waals surface area contributed by atoms with Gasteiger partial charge in [0.05, 0.1) is 12.1 Å². The third-order valence-corrected chi connectivity index (χ3v) is 6.93. The molecule has 38 heavy (non-hydrogen) atoms. The van der Waals surface area contributed by atoms with Crippen molar-refractivity contribution in [2.24, 2.45) is 0 Å². The van der Waals surface area contributed by atoms with Crippen LogP contribution in [0.15, 0.2) is 46.3 Å². The third kappa shape index (κ3) is 10.6. The highest BCUT2D eigenvalue weighted by Crippen LogP contribution is 2.34. The average molecular weight is 525 g/mol. The Labute approximate surface area is 231 Å². The fourth-order valence-electron chi connectivity index (χ4n) is 4.62. The summed E-state index contributed by atoms with van der Waals surface area (Å²) in [6, 6.07) is 5.73. The summed E-state index contributed by atoms with van der Waals surface area (Å²) in [5, 5.41) is 0.878. The van der Waals surface area contributed by atoms with Gasteiger partial charge in [-0.15, -0.1) is 0 Å². The number of rotatable bonds is 19. The first kappa shape index (κ1) is 31.5. The number of pyridine rings is 1. The van der Waals surface area contributed by atoms with Crippen LogP contribution in [0.2, 0.25) is 0 Å². The molecule has 0 saturated carbocycles. The van der Waals surface area contributed by atoms with E-state index < -0.39 is 0 Å². The van der Waals surface area contributed by atoms with E-state index in [-0.39, 0.29) is 5.56 Å². The summed E-state index contributed by atoms with van der Waals surface area (Å²) in [5.41, 5.74) is 10.1. The number of nitrogen functional groups attached to an aromatic ring is 1. The van der Waals surface area contributed by atoms with E-state index in [1.807, 2.05) is 22.8 Å². The largest absolute Gasteiger partial charge is 0.485 e. The molecule has 0 atom stereocenters. The third-order valence-electron chi connectivity index (χ3n) is 6.93. The molecule has 1 aromatic carbocycles. The second-order valence-electron chi connectivity index (χ2n) is 10.8. The van der Waals surface area contributed by atoms with Gasteiger partial charge in [0.15, 0.2) is 5.75 Å². The molecular weight excluding hydrogens is 472 g/mol. The van der Waals surface area contributed by atoms with Crippen LogP contribution >= 0.6 is 0 Å². The van der Waals surface area contributed by atoms with Crippen molar-refractivity contribution < 1.29 is 9.47 Å². The van der Waals surface area contributed by atoms with Crippen molar-refractivity contribution in [1.82, 2.24) is 4.57 Å². The number of benzene rings is 1. The Morgan fingerprint density at radius 1 is 0.868 bits per heavy atom. The Hall–Kier alpha value is -2.69. The summed E-state index contributed by atoms with van der Waals surface area (Å²) in [6.07, 6.45) is 17.7. The van der Waals surface area contributed by atoms with Crippen molar-refractivity contribution in [2.75, 3.05) is 18.9 Å². The first-order valence-electron chi connectivity index (χ1n) is 14.9. The van der Waals surface area contributed by atoms with Gasteiger partial charge in [-0.2, -0.15) is 0 Å². The number of unbranched alkanes of at least 4 members (excludes halogenated alkanes) is 8. The Bertz CT molecular complexity index is 1090. The van der Waals surface area contributed by atoms with Crippen LogP contribution in [-0.2, 0) is 6.54 Å². The number of anilines is 1. The minimum Gasteiger partial charge on any atom is -0.485 e. The predicted molar refractivity (Wildman–Crippen MR) is 164 cm³/mol. The van der Waals surface area contributed by atoms with Gasteiger partial charge in [-0.25, -0.2) is 0 Å². The van der Waals surface area contributed by atoms with Gasteiger partial charge in [-0.05, 0) is 70.7 Å². The Morgan fingerprint density at radius 2 is 1.55 bits per heavy atom. The van der Waals surface area contributed by atoms with Crippen molar-refractivity contribution in [3.05, 3.63) is 51.9 Å². The van der Waals surface area contributed by atoms with Crippen LogP contribution in [0.1, 0.15) is 112 Å². The van der Waals surface area contributed by atoms with Crippen LogP contribution in [0.3, 0.4) is 0 Å². The van der Waals surface area contributed by atoms with Crippen LogP contribution in [0.4, 0.5) is 5.69 Å². The summed E-state index contributed by atoms with van der Waals surface area (Å²) >= 11 is 0. The summed E-state index contributed by atoms with van der Waals surface area (Å²) in [4.78, 5) is 13.8. The average Bonchev–Trinajstić information content (AvgIpc) is 2.88. The van der Waals surface area contributed by atoms with Crippen molar-refractivity contribution in [1.29, 1.82) is 0 Å². The number of nitrogens with two attached hydrogens (primary N) is 1. The molecule has 0 bridgehead atoms. The molecule has 0 radical (unpaired) electrons. The van der Waals surface area contributed by atoms with Crippen molar-refractivity contribution in [3.8, 4) is 11.5 Å². The van der Waals surface area contributed by atoms with E-state index in [1.165, 1.54) is 36.8 Å². The zero-order valence-corrected chi connectivity index (χ0v) is 24.7. The van der Waals surface area contributed by atoms with Gasteiger partial charge < -0.3 is 19.8 Å². The molecule has 212 valence electrons. The molecule has 0 unspecified atom stereocenters. The molecule has 0 amide bonds. The lowest BCUT2D eigenvalue weighted by Crippen LogP contribution is -2.24. The first-order chi connectivity index (χ1) is 18.4. The molecule has 1 aromatic heterocycles. The molecule has 5 nitrogen and oxygen atoms in total. The van der Waals surface area contributed by atoms with Gasteiger partial charge in [-0.1, -0.05) is 82.4 Å². The Balaban J connectivity index is 2.33. The molecule has 2 N–H and O–H groups in total. The number of aromatic nitrogens is 1. The van der Waals surface area contributed by atoms with Crippen LogP contribution in [0, 0.1) is 0 Å². The highest BCUT2D eigenvalue weighted by molar-refractivity contribution is 5.90. The standard InChI is InChI=1S/C33H52N2O3/c1-6-8-10-12-13-15-23-37-32-31(38-24-21-27(5)18-16-17-26(3)4)29-20-19-28(34)25-30(29)35(33(32)36)22-14-11-9-7-2/h17,19-21,25H,6-16,18,22-24,34H2,1-5H3/b27-21+. The van der Waals surface area contributed by atoms with Gasteiger partial charge in [0, 0.05) is 17.6 Å². The normalized spacial score (nSPS) is 11.7. The highest BCUT2D eigenvalue weighted by atomic mass is 16.5. The van der Waals surface area contributed by atoms with Crippen LogP contribution < -0.4 is 20.8 Å². The van der Waals surface area contributed by atoms with E-state index in [1.54, 1.807) is 0 Å². The zero-order valence-electron chi connectivity index (χ0n) is 24.7. The van der Waals surface area contributed by atoms with Crippen LogP contribution in [0.25, 0.3) is 10.9 Å². The molecular formula is C33H52N2O3. The molecule has 0 spiro atoms. The molecule has 0 aliphatic heterocycles. The molecule has 0 aliphatic carbocycles. The number of ether oxygens (including phenoxy) is 2. The van der Waals surface area contributed by atoms with Crippen molar-refractivity contribution in [2.45, 2.75) is 118 Å². The first-order valence-corrected chi connectivity index (χ1v) is 14.9. The molecule has 0 fully saturated rings. The van der Waals surface area contributed by atoms with E-state index in [4.69, 9.17) is 15.2 Å². The maximum atomic E-state index is 13.8. The van der Waals surface area contributed by atoms with Gasteiger partial charge in [0.1, 0.15) is 6.61 Å². The summed E-state index contributed by atoms with van der Waals surface area (Å²) in [5.74, 6) is 0.871. The smallest absolute Gasteiger partial charge is 0.297 e. The number of fused-ring (bicyclic) bond motifs is 1. The Morgan fingerprint density at radius 3 is 2.26 bits per heavy atom. The zero-order chi connectivity index (χ0) is 27.8. The fourth-order valence-corrected chi connectivity index (χ4v) is 4.62. The maximum Gasteiger partial charge on any atom is 0.297 e. The van der Waals surface area contributed by atoms with E-state index in [9.17, 15) is 4.79 Å². The summed E-state index contributed by atoms with van der Waals surface area (Å²) in [6.45, 7) is 12.4. The minimum atomic E-state index is -0.121. The summed E-state index contributed by atoms with van der Waals surface area (Å²) in [7, 11) is 0. The second-order valence-corrected chi connectivity index (χ2v) is 10.8. The molecule has 0 aliphatic rings. The number of hydrogen-bond acceptors (Lipinski definition) is 4. The molecule has 2 rings (SSSR count). The SMILES string of the molecule is CCCCCCCCOc1c(OC/C=C(\C)CCC=C(C)C)c2ccc(N)cc2n(CCCCCC)c1=O. The molecule has 2 aromatic rings. The van der Waals surface area contributed by atoms with E-state index in [0.29, 0.717) is 36.9 Å². The number of aryl methyl sites for hydroxylation is 1. The van der Waals surface area contributed by atoms with Crippen molar-refractivity contribution in [3.63, 3.8) is 0 Å². The lowest BCUT2D eigenvalue weighted by Gasteiger charge is -2.19. The lowest BCUT2D eigenvalue weighted by atomic mass is 10.1. The van der Waals surface area contributed by atoms with Gasteiger partial charge >= 0.3 is 0 Å².